The lowest BCUT2D eigenvalue weighted by Gasteiger charge is -2.03. The number of benzene rings is 1. The molecule has 96 valence electrons. The van der Waals surface area contributed by atoms with Gasteiger partial charge in [-0.1, -0.05) is 16.8 Å². The van der Waals surface area contributed by atoms with Crippen molar-refractivity contribution in [2.45, 2.75) is 13.1 Å². The Kier molecular flexibility index (Phi) is 4.17. The van der Waals surface area contributed by atoms with Gasteiger partial charge in [0.05, 0.1) is 13.1 Å². The molecule has 18 heavy (non-hydrogen) atoms. The van der Waals surface area contributed by atoms with Crippen molar-refractivity contribution in [2.75, 3.05) is 19.4 Å². The number of rotatable bonds is 5. The van der Waals surface area contributed by atoms with Crippen molar-refractivity contribution in [3.8, 4) is 0 Å². The number of anilines is 1. The summed E-state index contributed by atoms with van der Waals surface area (Å²) in [6.07, 6.45) is 0. The highest BCUT2D eigenvalue weighted by molar-refractivity contribution is 6.30. The molecule has 5 nitrogen and oxygen atoms in total. The third-order valence-corrected chi connectivity index (χ3v) is 2.51. The van der Waals surface area contributed by atoms with Crippen LogP contribution in [0.15, 0.2) is 28.8 Å². The molecule has 0 spiro atoms. The first-order chi connectivity index (χ1) is 8.63. The van der Waals surface area contributed by atoms with Crippen molar-refractivity contribution in [3.63, 3.8) is 0 Å². The molecular weight excluding hydrogens is 252 g/mol. The fraction of sp³-hybridized carbons (Fsp3) is 0.333. The van der Waals surface area contributed by atoms with Crippen molar-refractivity contribution >= 4 is 17.3 Å². The normalized spacial score (nSPS) is 10.9. The van der Waals surface area contributed by atoms with Crippen molar-refractivity contribution in [1.82, 2.24) is 15.0 Å². The molecule has 0 unspecified atom stereocenters. The average Bonchev–Trinajstić information content (AvgIpc) is 2.75. The van der Waals surface area contributed by atoms with Crippen molar-refractivity contribution < 1.29 is 4.52 Å². The van der Waals surface area contributed by atoms with Crippen LogP contribution < -0.4 is 5.32 Å². The van der Waals surface area contributed by atoms with Crippen molar-refractivity contribution in [1.29, 1.82) is 0 Å². The van der Waals surface area contributed by atoms with E-state index in [1.54, 1.807) is 0 Å². The van der Waals surface area contributed by atoms with Gasteiger partial charge < -0.3 is 14.7 Å². The molecule has 0 saturated carbocycles. The molecule has 1 N–H and O–H groups in total. The molecule has 0 aliphatic carbocycles. The zero-order valence-corrected chi connectivity index (χ0v) is 11.1. The van der Waals surface area contributed by atoms with Crippen LogP contribution in [0.4, 0.5) is 5.69 Å². The molecule has 1 heterocycles. The molecule has 1 aromatic carbocycles. The van der Waals surface area contributed by atoms with E-state index >= 15 is 0 Å². The molecule has 0 amide bonds. The Labute approximate surface area is 111 Å². The lowest BCUT2D eigenvalue weighted by atomic mass is 10.3. The smallest absolute Gasteiger partial charge is 0.245 e. The van der Waals surface area contributed by atoms with Gasteiger partial charge in [-0.05, 0) is 38.4 Å². The molecule has 2 aromatic rings. The summed E-state index contributed by atoms with van der Waals surface area (Å²) in [4.78, 5) is 6.26. The molecule has 0 aliphatic heterocycles. The summed E-state index contributed by atoms with van der Waals surface area (Å²) >= 11 is 5.81. The zero-order chi connectivity index (χ0) is 13.0. The fourth-order valence-electron chi connectivity index (χ4n) is 1.45. The Balaban J connectivity index is 1.90. The van der Waals surface area contributed by atoms with Crippen LogP contribution in [0.25, 0.3) is 0 Å². The Morgan fingerprint density at radius 1 is 1.28 bits per heavy atom. The van der Waals surface area contributed by atoms with Crippen LogP contribution in [-0.4, -0.2) is 29.1 Å². The summed E-state index contributed by atoms with van der Waals surface area (Å²) in [7, 11) is 3.92. The highest BCUT2D eigenvalue weighted by Crippen LogP contribution is 2.14. The summed E-state index contributed by atoms with van der Waals surface area (Å²) in [5.74, 6) is 1.26. The second-order valence-electron chi connectivity index (χ2n) is 4.20. The van der Waals surface area contributed by atoms with Gasteiger partial charge >= 0.3 is 0 Å². The minimum Gasteiger partial charge on any atom is -0.376 e. The van der Waals surface area contributed by atoms with Crippen LogP contribution >= 0.6 is 11.6 Å². The van der Waals surface area contributed by atoms with Crippen LogP contribution in [0.2, 0.25) is 5.02 Å². The summed E-state index contributed by atoms with van der Waals surface area (Å²) in [5.41, 5.74) is 0.965. The number of nitrogens with zero attached hydrogens (tertiary/aromatic N) is 3. The average molecular weight is 267 g/mol. The van der Waals surface area contributed by atoms with Crippen LogP contribution in [-0.2, 0) is 13.1 Å². The molecular formula is C12H15ClN4O. The zero-order valence-electron chi connectivity index (χ0n) is 10.4. The first-order valence-corrected chi connectivity index (χ1v) is 5.97. The van der Waals surface area contributed by atoms with E-state index in [4.69, 9.17) is 16.1 Å². The van der Waals surface area contributed by atoms with Gasteiger partial charge in [0.1, 0.15) is 0 Å². The third-order valence-electron chi connectivity index (χ3n) is 2.26. The number of halogens is 1. The number of hydrogen-bond acceptors (Lipinski definition) is 5. The fourth-order valence-corrected chi connectivity index (χ4v) is 1.58. The highest BCUT2D eigenvalue weighted by atomic mass is 35.5. The molecule has 0 aliphatic rings. The van der Waals surface area contributed by atoms with Gasteiger partial charge in [-0.25, -0.2) is 0 Å². The van der Waals surface area contributed by atoms with E-state index < -0.39 is 0 Å². The molecule has 0 atom stereocenters. The van der Waals surface area contributed by atoms with E-state index in [-0.39, 0.29) is 0 Å². The minimum absolute atomic E-state index is 0.502. The standard InChI is InChI=1S/C12H15ClN4O/c1-17(2)8-11-15-12(18-16-11)7-14-10-5-3-9(13)4-6-10/h3-6,14H,7-8H2,1-2H3. The minimum atomic E-state index is 0.502. The van der Waals surface area contributed by atoms with E-state index in [1.165, 1.54) is 0 Å². The predicted octanol–water partition coefficient (Wildman–Crippen LogP) is 2.40. The van der Waals surface area contributed by atoms with E-state index in [2.05, 4.69) is 15.5 Å². The predicted molar refractivity (Wildman–Crippen MR) is 70.5 cm³/mol. The Morgan fingerprint density at radius 3 is 2.67 bits per heavy atom. The number of hydrogen-bond donors (Lipinski definition) is 1. The van der Waals surface area contributed by atoms with Crippen LogP contribution in [0.1, 0.15) is 11.7 Å². The van der Waals surface area contributed by atoms with Gasteiger partial charge in [0.25, 0.3) is 0 Å². The summed E-state index contributed by atoms with van der Waals surface area (Å²) in [5, 5.41) is 7.79. The quantitative estimate of drug-likeness (QED) is 0.901. The molecule has 0 bridgehead atoms. The van der Waals surface area contributed by atoms with Crippen molar-refractivity contribution in [2.24, 2.45) is 0 Å². The van der Waals surface area contributed by atoms with Gasteiger partial charge in [-0.3, -0.25) is 0 Å². The van der Waals surface area contributed by atoms with E-state index in [0.29, 0.717) is 29.8 Å². The highest BCUT2D eigenvalue weighted by Gasteiger charge is 2.06. The van der Waals surface area contributed by atoms with Crippen LogP contribution in [0.5, 0.6) is 0 Å². The maximum absolute atomic E-state index is 5.81. The van der Waals surface area contributed by atoms with Crippen molar-refractivity contribution in [3.05, 3.63) is 41.0 Å². The lowest BCUT2D eigenvalue weighted by Crippen LogP contribution is -2.11. The SMILES string of the molecule is CN(C)Cc1noc(CNc2ccc(Cl)cc2)n1. The van der Waals surface area contributed by atoms with E-state index in [1.807, 2.05) is 43.3 Å². The monoisotopic (exact) mass is 266 g/mol. The third kappa shape index (κ3) is 3.72. The lowest BCUT2D eigenvalue weighted by molar-refractivity contribution is 0.351. The molecule has 0 fully saturated rings. The van der Waals surface area contributed by atoms with Gasteiger partial charge in [0.15, 0.2) is 5.82 Å². The maximum atomic E-state index is 5.81. The van der Waals surface area contributed by atoms with E-state index in [0.717, 1.165) is 5.69 Å². The van der Waals surface area contributed by atoms with Crippen LogP contribution in [0.3, 0.4) is 0 Å². The summed E-state index contributed by atoms with van der Waals surface area (Å²) in [6, 6.07) is 7.46. The summed E-state index contributed by atoms with van der Waals surface area (Å²) in [6.45, 7) is 1.17. The van der Waals surface area contributed by atoms with Crippen LogP contribution in [0, 0.1) is 0 Å². The van der Waals surface area contributed by atoms with Gasteiger partial charge in [-0.15, -0.1) is 0 Å². The molecule has 0 radical (unpaired) electrons. The maximum Gasteiger partial charge on any atom is 0.245 e. The molecule has 6 heteroatoms. The molecule has 2 rings (SSSR count). The number of nitrogens with one attached hydrogen (secondary N) is 1. The molecule has 0 saturated heterocycles. The number of aromatic nitrogens is 2. The second-order valence-corrected chi connectivity index (χ2v) is 4.64. The van der Waals surface area contributed by atoms with Gasteiger partial charge in [-0.2, -0.15) is 4.98 Å². The first-order valence-electron chi connectivity index (χ1n) is 5.59. The molecule has 1 aromatic heterocycles. The first kappa shape index (κ1) is 12.9. The van der Waals surface area contributed by atoms with E-state index in [9.17, 15) is 0 Å². The Morgan fingerprint density at radius 2 is 2.00 bits per heavy atom. The largest absolute Gasteiger partial charge is 0.376 e. The van der Waals surface area contributed by atoms with Gasteiger partial charge in [0, 0.05) is 10.7 Å². The Bertz CT molecular complexity index is 495. The Hall–Kier alpha value is -1.59. The topological polar surface area (TPSA) is 54.2 Å². The summed E-state index contributed by atoms with van der Waals surface area (Å²) < 4.78 is 5.13. The second kappa shape index (κ2) is 5.84. The van der Waals surface area contributed by atoms with Gasteiger partial charge in [0.2, 0.25) is 5.89 Å².